The van der Waals surface area contributed by atoms with Gasteiger partial charge in [-0.2, -0.15) is 0 Å². The molecule has 0 spiro atoms. The van der Waals surface area contributed by atoms with E-state index in [1.54, 1.807) is 19.1 Å². The van der Waals surface area contributed by atoms with E-state index in [0.29, 0.717) is 28.1 Å². The van der Waals surface area contributed by atoms with E-state index in [4.69, 9.17) is 16.7 Å². The van der Waals surface area contributed by atoms with E-state index in [2.05, 4.69) is 0 Å². The molecule has 0 radical (unpaired) electrons. The maximum Gasteiger partial charge on any atom is 0.313 e. The van der Waals surface area contributed by atoms with Gasteiger partial charge in [0.05, 0.1) is 5.75 Å². The number of hydrogen-bond acceptors (Lipinski definition) is 3. The molecular formula is C20H22ClFO3S. The molecule has 0 aliphatic rings. The molecule has 2 aromatic carbocycles. The first kappa shape index (κ1) is 20.6. The second-order valence-electron chi connectivity index (χ2n) is 6.55. The number of rotatable bonds is 7. The molecule has 2 rings (SSSR count). The van der Waals surface area contributed by atoms with Crippen LogP contribution in [0.25, 0.3) is 0 Å². The zero-order chi connectivity index (χ0) is 19.4. The van der Waals surface area contributed by atoms with Crippen molar-refractivity contribution in [3.8, 4) is 5.75 Å². The summed E-state index contributed by atoms with van der Waals surface area (Å²) in [6.45, 7) is 5.69. The summed E-state index contributed by atoms with van der Waals surface area (Å²) in [5.41, 5.74) is 3.39. The van der Waals surface area contributed by atoms with E-state index in [0.717, 1.165) is 22.9 Å². The van der Waals surface area contributed by atoms with Crippen LogP contribution in [0.5, 0.6) is 5.75 Å². The summed E-state index contributed by atoms with van der Waals surface area (Å²) in [5, 5.41) is 19.1. The van der Waals surface area contributed by atoms with E-state index in [9.17, 15) is 14.3 Å². The van der Waals surface area contributed by atoms with Gasteiger partial charge in [-0.25, -0.2) is 4.39 Å². The second kappa shape index (κ2) is 8.78. The standard InChI is InChI=1S/C20H22ClFO3S/c1-11(2)15-6-13(4-5-18(15)23)7-16-12(3)20(22)14(8-17(16)21)9-26-10-19(24)25/h4-6,8,11,23H,7,9-10H2,1-3H3,(H,24,25). The van der Waals surface area contributed by atoms with Crippen molar-refractivity contribution in [3.05, 3.63) is 62.9 Å². The first-order valence-corrected chi connectivity index (χ1v) is 9.81. The molecule has 0 unspecified atom stereocenters. The number of halogens is 2. The molecule has 2 N–H and O–H groups in total. The Kier molecular flexibility index (Phi) is 6.95. The number of phenols is 1. The van der Waals surface area contributed by atoms with Crippen molar-refractivity contribution in [1.82, 2.24) is 0 Å². The van der Waals surface area contributed by atoms with Gasteiger partial charge in [-0.1, -0.05) is 37.6 Å². The highest BCUT2D eigenvalue weighted by Crippen LogP contribution is 2.32. The minimum atomic E-state index is -0.928. The van der Waals surface area contributed by atoms with E-state index in [-0.39, 0.29) is 29.0 Å². The average Bonchev–Trinajstić information content (AvgIpc) is 2.57. The number of carbonyl (C=O) groups is 1. The topological polar surface area (TPSA) is 57.5 Å². The lowest BCUT2D eigenvalue weighted by molar-refractivity contribution is -0.133. The molecular weight excluding hydrogens is 375 g/mol. The Balaban J connectivity index is 2.29. The van der Waals surface area contributed by atoms with Gasteiger partial charge in [0.15, 0.2) is 0 Å². The minimum Gasteiger partial charge on any atom is -0.508 e. The fraction of sp³-hybridized carbons (Fsp3) is 0.350. The SMILES string of the molecule is Cc1c(F)c(CSCC(=O)O)cc(Cl)c1Cc1ccc(O)c(C(C)C)c1. The summed E-state index contributed by atoms with van der Waals surface area (Å²) in [6, 6.07) is 6.97. The van der Waals surface area contributed by atoms with Gasteiger partial charge >= 0.3 is 5.97 Å². The highest BCUT2D eigenvalue weighted by molar-refractivity contribution is 7.99. The molecule has 0 saturated heterocycles. The molecule has 0 saturated carbocycles. The Morgan fingerprint density at radius 3 is 2.62 bits per heavy atom. The Hall–Kier alpha value is -1.72. The van der Waals surface area contributed by atoms with Crippen molar-refractivity contribution in [2.45, 2.75) is 38.9 Å². The van der Waals surface area contributed by atoms with Crippen LogP contribution in [0.15, 0.2) is 24.3 Å². The molecule has 0 aliphatic carbocycles. The van der Waals surface area contributed by atoms with Gasteiger partial charge < -0.3 is 10.2 Å². The number of hydrogen-bond donors (Lipinski definition) is 2. The number of aromatic hydroxyl groups is 1. The van der Waals surface area contributed by atoms with Crippen molar-refractivity contribution in [2.75, 3.05) is 5.75 Å². The third kappa shape index (κ3) is 4.92. The van der Waals surface area contributed by atoms with Gasteiger partial charge in [-0.3, -0.25) is 4.79 Å². The van der Waals surface area contributed by atoms with Crippen molar-refractivity contribution in [1.29, 1.82) is 0 Å². The molecule has 0 bridgehead atoms. The predicted molar refractivity (Wildman–Crippen MR) is 105 cm³/mol. The zero-order valence-corrected chi connectivity index (χ0v) is 16.5. The van der Waals surface area contributed by atoms with Crippen LogP contribution >= 0.6 is 23.4 Å². The molecule has 140 valence electrons. The first-order valence-electron chi connectivity index (χ1n) is 8.28. The highest BCUT2D eigenvalue weighted by atomic mass is 35.5. The summed E-state index contributed by atoms with van der Waals surface area (Å²) in [6.07, 6.45) is 0.462. The third-order valence-electron chi connectivity index (χ3n) is 4.23. The van der Waals surface area contributed by atoms with Crippen LogP contribution in [0.1, 0.15) is 47.6 Å². The Labute approximate surface area is 162 Å². The third-order valence-corrected chi connectivity index (χ3v) is 5.53. The molecule has 6 heteroatoms. The van der Waals surface area contributed by atoms with Crippen molar-refractivity contribution in [2.24, 2.45) is 0 Å². The van der Waals surface area contributed by atoms with E-state index in [1.807, 2.05) is 26.0 Å². The molecule has 3 nitrogen and oxygen atoms in total. The molecule has 0 amide bonds. The summed E-state index contributed by atoms with van der Waals surface area (Å²) < 4.78 is 14.7. The predicted octanol–water partition coefficient (Wildman–Crippen LogP) is 5.53. The number of carboxylic acids is 1. The number of benzene rings is 2. The maximum absolute atomic E-state index is 14.7. The fourth-order valence-electron chi connectivity index (χ4n) is 2.81. The van der Waals surface area contributed by atoms with Gasteiger partial charge in [-0.05, 0) is 59.2 Å². The number of aliphatic carboxylic acids is 1. The number of carboxylic acid groups (broad SMARTS) is 1. The highest BCUT2D eigenvalue weighted by Gasteiger charge is 2.16. The molecule has 0 aliphatic heterocycles. The van der Waals surface area contributed by atoms with Gasteiger partial charge in [0, 0.05) is 10.8 Å². The Bertz CT molecular complexity index is 821. The largest absolute Gasteiger partial charge is 0.508 e. The quantitative estimate of drug-likeness (QED) is 0.646. The van der Waals surface area contributed by atoms with Crippen molar-refractivity contribution >= 4 is 29.3 Å². The molecule has 0 fully saturated rings. The number of thioether (sulfide) groups is 1. The first-order chi connectivity index (χ1) is 12.2. The van der Waals surface area contributed by atoms with Crippen LogP contribution in [-0.4, -0.2) is 21.9 Å². The Morgan fingerprint density at radius 2 is 2.00 bits per heavy atom. The molecule has 0 atom stereocenters. The minimum absolute atomic E-state index is 0.0800. The van der Waals surface area contributed by atoms with E-state index >= 15 is 0 Å². The normalized spacial score (nSPS) is 11.2. The second-order valence-corrected chi connectivity index (χ2v) is 7.94. The average molecular weight is 397 g/mol. The summed E-state index contributed by atoms with van der Waals surface area (Å²) in [5.74, 6) is -0.660. The van der Waals surface area contributed by atoms with Crippen LogP contribution in [0, 0.1) is 12.7 Å². The van der Waals surface area contributed by atoms with Crippen molar-refractivity contribution < 1.29 is 19.4 Å². The van der Waals surface area contributed by atoms with Crippen molar-refractivity contribution in [3.63, 3.8) is 0 Å². The van der Waals surface area contributed by atoms with E-state index in [1.165, 1.54) is 0 Å². The monoisotopic (exact) mass is 396 g/mol. The van der Waals surface area contributed by atoms with Crippen LogP contribution in [0.4, 0.5) is 4.39 Å². The van der Waals surface area contributed by atoms with Crippen LogP contribution in [-0.2, 0) is 17.0 Å². The Morgan fingerprint density at radius 1 is 1.31 bits per heavy atom. The lowest BCUT2D eigenvalue weighted by Gasteiger charge is -2.15. The smallest absolute Gasteiger partial charge is 0.313 e. The van der Waals surface area contributed by atoms with Gasteiger partial charge in [0.25, 0.3) is 0 Å². The van der Waals surface area contributed by atoms with Crippen LogP contribution < -0.4 is 0 Å². The maximum atomic E-state index is 14.7. The fourth-order valence-corrected chi connectivity index (χ4v) is 3.85. The lowest BCUT2D eigenvalue weighted by atomic mass is 9.94. The molecule has 0 aromatic heterocycles. The zero-order valence-electron chi connectivity index (χ0n) is 15.0. The van der Waals surface area contributed by atoms with Gasteiger partial charge in [-0.15, -0.1) is 11.8 Å². The summed E-state index contributed by atoms with van der Waals surface area (Å²) in [4.78, 5) is 10.6. The summed E-state index contributed by atoms with van der Waals surface area (Å²) in [7, 11) is 0. The summed E-state index contributed by atoms with van der Waals surface area (Å²) >= 11 is 7.53. The lowest BCUT2D eigenvalue weighted by Crippen LogP contribution is -2.03. The molecule has 0 heterocycles. The number of phenolic OH excluding ortho intramolecular Hbond substituents is 1. The van der Waals surface area contributed by atoms with Gasteiger partial charge in [0.1, 0.15) is 11.6 Å². The van der Waals surface area contributed by atoms with Gasteiger partial charge in [0.2, 0.25) is 0 Å². The van der Waals surface area contributed by atoms with Crippen LogP contribution in [0.2, 0.25) is 5.02 Å². The molecule has 2 aromatic rings. The van der Waals surface area contributed by atoms with E-state index < -0.39 is 5.97 Å². The molecule has 26 heavy (non-hydrogen) atoms. The van der Waals surface area contributed by atoms with Crippen LogP contribution in [0.3, 0.4) is 0 Å².